The molecule has 0 aliphatic carbocycles. The fourth-order valence-corrected chi connectivity index (χ4v) is 1.22. The summed E-state index contributed by atoms with van der Waals surface area (Å²) in [6.45, 7) is 2.21. The van der Waals surface area contributed by atoms with Crippen LogP contribution >= 0.6 is 0 Å². The third-order valence-electron chi connectivity index (χ3n) is 1.72. The molecule has 3 nitrogen and oxygen atoms in total. The van der Waals surface area contributed by atoms with Crippen molar-refractivity contribution < 1.29 is 9.90 Å². The molecule has 11 heavy (non-hydrogen) atoms. The summed E-state index contributed by atoms with van der Waals surface area (Å²) in [5, 5.41) is 8.62. The van der Waals surface area contributed by atoms with Crippen LogP contribution in [0.25, 0.3) is 0 Å². The number of carbonyl (C=O) groups excluding carboxylic acids is 1. The standard InChI is InChI=1S/C8H17NO2/c1-2-3-7(4-5-10)6-8(9)11/h7,10H,2-6H2,1H3,(H2,9,11). The highest BCUT2D eigenvalue weighted by Crippen LogP contribution is 2.14. The first-order valence-electron chi connectivity index (χ1n) is 4.09. The molecule has 0 aliphatic rings. The topological polar surface area (TPSA) is 63.3 Å². The number of rotatable bonds is 6. The van der Waals surface area contributed by atoms with E-state index >= 15 is 0 Å². The molecule has 3 heteroatoms. The highest BCUT2D eigenvalue weighted by atomic mass is 16.3. The lowest BCUT2D eigenvalue weighted by atomic mass is 9.96. The zero-order chi connectivity index (χ0) is 8.69. The molecule has 0 rings (SSSR count). The lowest BCUT2D eigenvalue weighted by Crippen LogP contribution is -2.17. The van der Waals surface area contributed by atoms with Gasteiger partial charge in [-0.1, -0.05) is 19.8 Å². The van der Waals surface area contributed by atoms with Gasteiger partial charge in [0.15, 0.2) is 0 Å². The molecule has 0 aliphatic heterocycles. The maximum absolute atomic E-state index is 10.5. The number of primary amides is 1. The van der Waals surface area contributed by atoms with Crippen molar-refractivity contribution in [3.05, 3.63) is 0 Å². The van der Waals surface area contributed by atoms with Gasteiger partial charge in [-0.2, -0.15) is 0 Å². The zero-order valence-corrected chi connectivity index (χ0v) is 7.05. The number of aliphatic hydroxyl groups is 1. The van der Waals surface area contributed by atoms with Crippen molar-refractivity contribution in [3.8, 4) is 0 Å². The summed E-state index contributed by atoms with van der Waals surface area (Å²) in [7, 11) is 0. The summed E-state index contributed by atoms with van der Waals surface area (Å²) in [6, 6.07) is 0. The van der Waals surface area contributed by atoms with Gasteiger partial charge in [0.2, 0.25) is 5.91 Å². The van der Waals surface area contributed by atoms with Crippen LogP contribution in [0.5, 0.6) is 0 Å². The lowest BCUT2D eigenvalue weighted by molar-refractivity contribution is -0.119. The van der Waals surface area contributed by atoms with Gasteiger partial charge >= 0.3 is 0 Å². The molecule has 0 aromatic carbocycles. The van der Waals surface area contributed by atoms with Crippen molar-refractivity contribution >= 4 is 5.91 Å². The summed E-state index contributed by atoms with van der Waals surface area (Å²) in [5.74, 6) is 0.0133. The SMILES string of the molecule is CCCC(CCO)CC(N)=O. The molecule has 66 valence electrons. The van der Waals surface area contributed by atoms with Crippen LogP contribution in [0.15, 0.2) is 0 Å². The van der Waals surface area contributed by atoms with Crippen molar-refractivity contribution in [2.24, 2.45) is 11.7 Å². The summed E-state index contributed by atoms with van der Waals surface area (Å²) >= 11 is 0. The Morgan fingerprint density at radius 2 is 2.18 bits per heavy atom. The van der Waals surface area contributed by atoms with Crippen LogP contribution in [0.1, 0.15) is 32.6 Å². The molecule has 1 atom stereocenters. The minimum Gasteiger partial charge on any atom is -0.396 e. The van der Waals surface area contributed by atoms with Crippen molar-refractivity contribution in [1.29, 1.82) is 0 Å². The van der Waals surface area contributed by atoms with Gasteiger partial charge in [-0.15, -0.1) is 0 Å². The van der Waals surface area contributed by atoms with Gasteiger partial charge in [-0.25, -0.2) is 0 Å². The molecule has 0 radical (unpaired) electrons. The Hall–Kier alpha value is -0.570. The summed E-state index contributed by atoms with van der Waals surface area (Å²) in [5.41, 5.74) is 5.03. The van der Waals surface area contributed by atoms with E-state index in [0.29, 0.717) is 12.8 Å². The quantitative estimate of drug-likeness (QED) is 0.598. The van der Waals surface area contributed by atoms with Crippen LogP contribution in [-0.4, -0.2) is 17.6 Å². The number of aliphatic hydroxyl groups excluding tert-OH is 1. The minimum atomic E-state index is -0.267. The van der Waals surface area contributed by atoms with E-state index in [1.54, 1.807) is 0 Å². The Morgan fingerprint density at radius 3 is 2.55 bits per heavy atom. The van der Waals surface area contributed by atoms with Crippen LogP contribution in [-0.2, 0) is 4.79 Å². The molecule has 0 bridgehead atoms. The van der Waals surface area contributed by atoms with Crippen LogP contribution in [0, 0.1) is 5.92 Å². The fraction of sp³-hybridized carbons (Fsp3) is 0.875. The third-order valence-corrected chi connectivity index (χ3v) is 1.72. The predicted molar refractivity (Wildman–Crippen MR) is 43.9 cm³/mol. The third kappa shape index (κ3) is 5.85. The molecule has 0 saturated carbocycles. The first-order chi connectivity index (χ1) is 5.20. The average molecular weight is 159 g/mol. The number of carbonyl (C=O) groups is 1. The van der Waals surface area contributed by atoms with Gasteiger partial charge in [0.1, 0.15) is 0 Å². The number of hydrogen-bond acceptors (Lipinski definition) is 2. The molecule has 0 spiro atoms. The molecular weight excluding hydrogens is 142 g/mol. The second kappa shape index (κ2) is 6.16. The molecule has 0 fully saturated rings. The molecule has 0 heterocycles. The van der Waals surface area contributed by atoms with E-state index in [1.807, 2.05) is 0 Å². The van der Waals surface area contributed by atoms with E-state index in [2.05, 4.69) is 6.92 Å². The van der Waals surface area contributed by atoms with Crippen molar-refractivity contribution in [3.63, 3.8) is 0 Å². The summed E-state index contributed by atoms with van der Waals surface area (Å²) in [6.07, 6.45) is 3.12. The predicted octanol–water partition coefficient (Wildman–Crippen LogP) is 0.661. The second-order valence-corrected chi connectivity index (χ2v) is 2.84. The maximum atomic E-state index is 10.5. The Morgan fingerprint density at radius 1 is 1.55 bits per heavy atom. The maximum Gasteiger partial charge on any atom is 0.217 e. The average Bonchev–Trinajstić information content (AvgIpc) is 1.87. The van der Waals surface area contributed by atoms with Crippen molar-refractivity contribution in [1.82, 2.24) is 0 Å². The van der Waals surface area contributed by atoms with E-state index in [4.69, 9.17) is 10.8 Å². The van der Waals surface area contributed by atoms with Crippen LogP contribution in [0.2, 0.25) is 0 Å². The van der Waals surface area contributed by atoms with Gasteiger partial charge in [-0.05, 0) is 12.3 Å². The van der Waals surface area contributed by atoms with E-state index in [0.717, 1.165) is 12.8 Å². The van der Waals surface area contributed by atoms with E-state index in [9.17, 15) is 4.79 Å². The number of nitrogens with two attached hydrogens (primary N) is 1. The van der Waals surface area contributed by atoms with Gasteiger partial charge in [0, 0.05) is 13.0 Å². The Balaban J connectivity index is 3.59. The molecule has 3 N–H and O–H groups in total. The van der Waals surface area contributed by atoms with Crippen molar-refractivity contribution in [2.45, 2.75) is 32.6 Å². The normalized spacial score (nSPS) is 12.9. The van der Waals surface area contributed by atoms with Gasteiger partial charge in [0.25, 0.3) is 0 Å². The van der Waals surface area contributed by atoms with E-state index < -0.39 is 0 Å². The largest absolute Gasteiger partial charge is 0.396 e. The van der Waals surface area contributed by atoms with Crippen molar-refractivity contribution in [2.75, 3.05) is 6.61 Å². The van der Waals surface area contributed by atoms with E-state index in [1.165, 1.54) is 0 Å². The highest BCUT2D eigenvalue weighted by Gasteiger charge is 2.09. The molecule has 0 aromatic heterocycles. The Labute approximate surface area is 67.6 Å². The first kappa shape index (κ1) is 10.4. The minimum absolute atomic E-state index is 0.151. The van der Waals surface area contributed by atoms with Crippen LogP contribution in [0.3, 0.4) is 0 Å². The van der Waals surface area contributed by atoms with E-state index in [-0.39, 0.29) is 18.4 Å². The first-order valence-corrected chi connectivity index (χ1v) is 4.09. The number of hydrogen-bond donors (Lipinski definition) is 2. The lowest BCUT2D eigenvalue weighted by Gasteiger charge is -2.11. The second-order valence-electron chi connectivity index (χ2n) is 2.84. The smallest absolute Gasteiger partial charge is 0.217 e. The van der Waals surface area contributed by atoms with Gasteiger partial charge in [0.05, 0.1) is 0 Å². The Kier molecular flexibility index (Phi) is 5.84. The Bertz CT molecular complexity index is 109. The monoisotopic (exact) mass is 159 g/mol. The molecular formula is C8H17NO2. The molecule has 1 unspecified atom stereocenters. The number of amides is 1. The fourth-order valence-electron chi connectivity index (χ4n) is 1.22. The van der Waals surface area contributed by atoms with Crippen LogP contribution in [0.4, 0.5) is 0 Å². The van der Waals surface area contributed by atoms with Gasteiger partial charge < -0.3 is 10.8 Å². The molecule has 0 saturated heterocycles. The van der Waals surface area contributed by atoms with Crippen LogP contribution < -0.4 is 5.73 Å². The summed E-state index contributed by atoms with van der Waals surface area (Å²) < 4.78 is 0. The molecule has 1 amide bonds. The zero-order valence-electron chi connectivity index (χ0n) is 7.05. The highest BCUT2D eigenvalue weighted by molar-refractivity contribution is 5.73. The molecule has 0 aromatic rings. The summed E-state index contributed by atoms with van der Waals surface area (Å²) in [4.78, 5) is 10.5. The van der Waals surface area contributed by atoms with Gasteiger partial charge in [-0.3, -0.25) is 4.79 Å².